The maximum Gasteiger partial charge on any atom is 0.339 e. The minimum absolute atomic E-state index is 0.00487. The largest absolute Gasteiger partial charge is 0.460 e. The van der Waals surface area contributed by atoms with Crippen LogP contribution >= 0.6 is 0 Å². The predicted octanol–water partition coefficient (Wildman–Crippen LogP) is 8.82. The number of carbonyl (C=O) groups excluding carboxylic acids is 1. The molecule has 0 aliphatic heterocycles. The third kappa shape index (κ3) is 16.4. The molecule has 3 aromatic rings. The first kappa shape index (κ1) is 39.6. The van der Waals surface area contributed by atoms with E-state index in [2.05, 4.69) is 73.9 Å². The molecule has 49 heavy (non-hydrogen) atoms. The fourth-order valence-corrected chi connectivity index (χ4v) is 5.46. The van der Waals surface area contributed by atoms with Gasteiger partial charge in [-0.3, -0.25) is 0 Å². The van der Waals surface area contributed by atoms with Crippen molar-refractivity contribution < 1.29 is 24.5 Å². The number of benzene rings is 3. The van der Waals surface area contributed by atoms with Gasteiger partial charge in [0.15, 0.2) is 0 Å². The van der Waals surface area contributed by atoms with Gasteiger partial charge in [0.05, 0.1) is 25.4 Å². The molecule has 1 atom stereocenters. The Bertz CT molecular complexity index is 1480. The van der Waals surface area contributed by atoms with Crippen molar-refractivity contribution >= 4 is 5.97 Å². The third-order valence-electron chi connectivity index (χ3n) is 8.46. The van der Waals surface area contributed by atoms with E-state index in [4.69, 9.17) is 14.6 Å². The first-order valence-corrected chi connectivity index (χ1v) is 18.4. The second kappa shape index (κ2) is 24.3. The van der Waals surface area contributed by atoms with Gasteiger partial charge in [0.1, 0.15) is 12.7 Å². The van der Waals surface area contributed by atoms with Crippen LogP contribution in [0, 0.1) is 23.7 Å². The maximum atomic E-state index is 13.2. The highest BCUT2D eigenvalue weighted by Crippen LogP contribution is 2.16. The highest BCUT2D eigenvalue weighted by molar-refractivity contribution is 5.93. The molecule has 0 aliphatic carbocycles. The zero-order valence-corrected chi connectivity index (χ0v) is 29.8. The fourth-order valence-electron chi connectivity index (χ4n) is 5.46. The van der Waals surface area contributed by atoms with Crippen LogP contribution in [0.5, 0.6) is 0 Å². The van der Waals surface area contributed by atoms with E-state index in [9.17, 15) is 9.90 Å². The molecular weight excluding hydrogens is 608 g/mol. The number of unbranched alkanes of at least 4 members (excludes halogenated alkanes) is 10. The second-order valence-electron chi connectivity index (χ2n) is 12.7. The summed E-state index contributed by atoms with van der Waals surface area (Å²) in [4.78, 5) is 13.2. The number of rotatable bonds is 21. The van der Waals surface area contributed by atoms with Crippen LogP contribution in [0.2, 0.25) is 0 Å². The van der Waals surface area contributed by atoms with Crippen molar-refractivity contribution in [2.75, 3.05) is 26.4 Å². The predicted molar refractivity (Wildman–Crippen MR) is 200 cm³/mol. The molecule has 0 heterocycles. The number of aliphatic hydroxyl groups excluding tert-OH is 2. The lowest BCUT2D eigenvalue weighted by Crippen LogP contribution is -2.21. The van der Waals surface area contributed by atoms with E-state index in [0.717, 1.165) is 24.0 Å². The van der Waals surface area contributed by atoms with Crippen LogP contribution in [0.25, 0.3) is 0 Å². The van der Waals surface area contributed by atoms with Crippen molar-refractivity contribution in [3.8, 4) is 23.7 Å². The number of hydrogen-bond donors (Lipinski definition) is 2. The smallest absolute Gasteiger partial charge is 0.339 e. The summed E-state index contributed by atoms with van der Waals surface area (Å²) >= 11 is 0. The van der Waals surface area contributed by atoms with Crippen LogP contribution in [0.15, 0.2) is 66.7 Å². The van der Waals surface area contributed by atoms with Gasteiger partial charge in [-0.15, -0.1) is 0 Å². The van der Waals surface area contributed by atoms with Crippen LogP contribution in [-0.2, 0) is 22.3 Å². The first-order chi connectivity index (χ1) is 24.0. The molecule has 1 unspecified atom stereocenters. The van der Waals surface area contributed by atoms with Crippen LogP contribution < -0.4 is 0 Å². The van der Waals surface area contributed by atoms with Gasteiger partial charge in [-0.1, -0.05) is 126 Å². The van der Waals surface area contributed by atoms with Crippen LogP contribution in [-0.4, -0.2) is 48.7 Å². The van der Waals surface area contributed by atoms with Crippen molar-refractivity contribution in [2.24, 2.45) is 0 Å². The lowest BCUT2D eigenvalue weighted by atomic mass is 10.0. The minimum Gasteiger partial charge on any atom is -0.460 e. The van der Waals surface area contributed by atoms with E-state index in [1.807, 2.05) is 24.3 Å². The molecule has 0 radical (unpaired) electrons. The third-order valence-corrected chi connectivity index (χ3v) is 8.46. The summed E-state index contributed by atoms with van der Waals surface area (Å²) in [6.45, 7) is 4.17. The van der Waals surface area contributed by atoms with E-state index in [-0.39, 0.29) is 26.4 Å². The standard InChI is InChI=1S/C44H56O5/c1-3-5-7-9-11-13-15-36-17-21-38(22-18-36)25-26-40-28-30-41(43(33-40)44(47)49-32-31-48-35-42(46)34-45)29-27-39-23-19-37(20-24-39)16-14-12-10-8-6-4-2/h17-24,28,30,33,42,45-46H,3-16,31-32,34-35H2,1-2H3. The Hall–Kier alpha value is -3.87. The van der Waals surface area contributed by atoms with Gasteiger partial charge < -0.3 is 19.7 Å². The van der Waals surface area contributed by atoms with E-state index >= 15 is 0 Å². The van der Waals surface area contributed by atoms with Gasteiger partial charge in [0.2, 0.25) is 0 Å². The number of aliphatic hydroxyl groups is 2. The quantitative estimate of drug-likeness (QED) is 0.0676. The highest BCUT2D eigenvalue weighted by atomic mass is 16.6. The molecule has 3 rings (SSSR count). The van der Waals surface area contributed by atoms with Crippen LogP contribution in [0.1, 0.15) is 135 Å². The monoisotopic (exact) mass is 664 g/mol. The maximum absolute atomic E-state index is 13.2. The zero-order valence-electron chi connectivity index (χ0n) is 29.8. The summed E-state index contributed by atoms with van der Waals surface area (Å²) < 4.78 is 10.8. The molecular formula is C44H56O5. The number of hydrogen-bond acceptors (Lipinski definition) is 5. The summed E-state index contributed by atoms with van der Waals surface area (Å²) in [5.41, 5.74) is 6.03. The van der Waals surface area contributed by atoms with Gasteiger partial charge >= 0.3 is 5.97 Å². The van der Waals surface area contributed by atoms with E-state index in [0.29, 0.717) is 16.7 Å². The molecule has 0 saturated carbocycles. The number of ether oxygens (including phenoxy) is 2. The molecule has 0 aliphatic rings. The Morgan fingerprint density at radius 2 is 1.12 bits per heavy atom. The van der Waals surface area contributed by atoms with Crippen LogP contribution in [0.3, 0.4) is 0 Å². The SMILES string of the molecule is CCCCCCCCc1ccc(C#Cc2ccc(C#Cc3ccc(CCCCCCCC)cc3)c(C(=O)OCCOCC(O)CO)c2)cc1. The van der Waals surface area contributed by atoms with Crippen molar-refractivity contribution in [2.45, 2.75) is 110 Å². The molecule has 5 nitrogen and oxygen atoms in total. The summed E-state index contributed by atoms with van der Waals surface area (Å²) in [5.74, 6) is 12.3. The van der Waals surface area contributed by atoms with Gasteiger partial charge in [-0.2, -0.15) is 0 Å². The number of aryl methyl sites for hydroxylation is 2. The van der Waals surface area contributed by atoms with Crippen molar-refractivity contribution in [3.63, 3.8) is 0 Å². The van der Waals surface area contributed by atoms with Gasteiger partial charge in [-0.25, -0.2) is 4.79 Å². The summed E-state index contributed by atoms with van der Waals surface area (Å²) in [6, 6.07) is 22.2. The molecule has 3 aromatic carbocycles. The van der Waals surface area contributed by atoms with Crippen LogP contribution in [0.4, 0.5) is 0 Å². The van der Waals surface area contributed by atoms with Gasteiger partial charge in [0.25, 0.3) is 0 Å². The van der Waals surface area contributed by atoms with Gasteiger partial charge in [-0.05, 0) is 79.3 Å². The lowest BCUT2D eigenvalue weighted by molar-refractivity contribution is -0.0108. The molecule has 0 bridgehead atoms. The lowest BCUT2D eigenvalue weighted by Gasteiger charge is -2.10. The summed E-state index contributed by atoms with van der Waals surface area (Å²) in [7, 11) is 0. The molecule has 0 spiro atoms. The molecule has 2 N–H and O–H groups in total. The Labute approximate surface area is 295 Å². The van der Waals surface area contributed by atoms with Crippen molar-refractivity contribution in [1.82, 2.24) is 0 Å². The van der Waals surface area contributed by atoms with Crippen molar-refractivity contribution in [3.05, 3.63) is 106 Å². The van der Waals surface area contributed by atoms with E-state index < -0.39 is 12.1 Å². The Balaban J connectivity index is 1.67. The molecule has 5 heteroatoms. The molecule has 262 valence electrons. The van der Waals surface area contributed by atoms with Gasteiger partial charge in [0, 0.05) is 22.3 Å². The average Bonchev–Trinajstić information content (AvgIpc) is 3.13. The summed E-state index contributed by atoms with van der Waals surface area (Å²) in [5, 5.41) is 18.4. The normalized spacial score (nSPS) is 11.3. The average molecular weight is 665 g/mol. The Kier molecular flexibility index (Phi) is 19.6. The summed E-state index contributed by atoms with van der Waals surface area (Å²) in [6.07, 6.45) is 16.6. The Morgan fingerprint density at radius 1 is 0.633 bits per heavy atom. The first-order valence-electron chi connectivity index (χ1n) is 18.4. The molecule has 0 saturated heterocycles. The molecule has 0 aromatic heterocycles. The fraction of sp³-hybridized carbons (Fsp3) is 0.477. The highest BCUT2D eigenvalue weighted by Gasteiger charge is 2.13. The molecule has 0 amide bonds. The Morgan fingerprint density at radius 3 is 1.67 bits per heavy atom. The van der Waals surface area contributed by atoms with E-state index in [1.54, 1.807) is 6.07 Å². The zero-order chi connectivity index (χ0) is 34.9. The number of carbonyl (C=O) groups is 1. The van der Waals surface area contributed by atoms with E-state index in [1.165, 1.54) is 88.2 Å². The number of esters is 1. The molecule has 0 fully saturated rings. The van der Waals surface area contributed by atoms with Crippen molar-refractivity contribution in [1.29, 1.82) is 0 Å². The topological polar surface area (TPSA) is 76.0 Å². The minimum atomic E-state index is -0.964. The second-order valence-corrected chi connectivity index (χ2v) is 12.7.